The number of nitro benzene ring substituents is 1. The zero-order chi connectivity index (χ0) is 18.8. The molecule has 0 radical (unpaired) electrons. The van der Waals surface area contributed by atoms with E-state index in [1.165, 1.54) is 19.1 Å². The number of nitro groups is 1. The minimum absolute atomic E-state index is 0.0648. The number of benzene rings is 1. The highest BCUT2D eigenvalue weighted by Crippen LogP contribution is 2.33. The van der Waals surface area contributed by atoms with E-state index < -0.39 is 28.2 Å². The number of carbonyl (C=O) groups excluding carboxylic acids is 1. The van der Waals surface area contributed by atoms with Crippen molar-refractivity contribution in [3.8, 4) is 0 Å². The van der Waals surface area contributed by atoms with Crippen LogP contribution in [0.15, 0.2) is 30.6 Å². The summed E-state index contributed by atoms with van der Waals surface area (Å²) in [5.74, 6) is -1.09. The number of nitrogens with zero attached hydrogens (tertiary/aromatic N) is 2. The quantitative estimate of drug-likeness (QED) is 0.462. The van der Waals surface area contributed by atoms with E-state index >= 15 is 0 Å². The summed E-state index contributed by atoms with van der Waals surface area (Å²) in [6.07, 6.45) is -3.00. The lowest BCUT2D eigenvalue weighted by atomic mass is 10.1. The highest BCUT2D eigenvalue weighted by molar-refractivity contribution is 5.91. The first kappa shape index (κ1) is 18.5. The van der Waals surface area contributed by atoms with Crippen LogP contribution in [0.1, 0.15) is 34.0 Å². The number of rotatable bonds is 5. The molecule has 0 aliphatic heterocycles. The van der Waals surface area contributed by atoms with Crippen LogP contribution >= 0.6 is 0 Å². The van der Waals surface area contributed by atoms with Crippen LogP contribution in [0, 0.1) is 17.0 Å². The van der Waals surface area contributed by atoms with Gasteiger partial charge in [0.1, 0.15) is 0 Å². The zero-order valence-corrected chi connectivity index (χ0v) is 13.5. The molecule has 0 saturated heterocycles. The van der Waals surface area contributed by atoms with Gasteiger partial charge in [0.15, 0.2) is 0 Å². The summed E-state index contributed by atoms with van der Waals surface area (Å²) in [6, 6.07) is 4.36. The Bertz CT molecular complexity index is 812. The Balaban J connectivity index is 2.46. The Kier molecular flexibility index (Phi) is 5.15. The topological polar surface area (TPSA) is 74.4 Å². The molecule has 0 amide bonds. The van der Waals surface area contributed by atoms with E-state index in [0.29, 0.717) is 0 Å². The first-order chi connectivity index (χ1) is 11.6. The minimum Gasteiger partial charge on any atom is -0.462 e. The van der Waals surface area contributed by atoms with Gasteiger partial charge in [0.25, 0.3) is 5.69 Å². The summed E-state index contributed by atoms with van der Waals surface area (Å²) in [5, 5.41) is 11.1. The summed E-state index contributed by atoms with van der Waals surface area (Å²) in [7, 11) is 0. The third-order valence-corrected chi connectivity index (χ3v) is 3.47. The number of alkyl halides is 3. The van der Waals surface area contributed by atoms with Crippen molar-refractivity contribution >= 4 is 11.7 Å². The van der Waals surface area contributed by atoms with E-state index in [2.05, 4.69) is 4.74 Å². The van der Waals surface area contributed by atoms with E-state index in [4.69, 9.17) is 0 Å². The van der Waals surface area contributed by atoms with E-state index in [1.807, 2.05) is 0 Å². The third kappa shape index (κ3) is 4.17. The molecule has 0 bridgehead atoms. The van der Waals surface area contributed by atoms with Crippen LogP contribution in [-0.2, 0) is 17.5 Å². The molecule has 9 heteroatoms. The molecule has 0 N–H and O–H groups in total. The predicted octanol–water partition coefficient (Wildman–Crippen LogP) is 3.95. The van der Waals surface area contributed by atoms with Gasteiger partial charge in [-0.15, -0.1) is 0 Å². The maximum Gasteiger partial charge on any atom is 0.418 e. The largest absolute Gasteiger partial charge is 0.462 e. The van der Waals surface area contributed by atoms with Crippen molar-refractivity contribution in [2.45, 2.75) is 26.6 Å². The molecule has 1 aromatic carbocycles. The van der Waals surface area contributed by atoms with Gasteiger partial charge < -0.3 is 9.30 Å². The molecule has 1 aromatic heterocycles. The van der Waals surface area contributed by atoms with Gasteiger partial charge >= 0.3 is 12.1 Å². The van der Waals surface area contributed by atoms with E-state index in [9.17, 15) is 28.1 Å². The Morgan fingerprint density at radius 2 is 2.00 bits per heavy atom. The number of carbonyl (C=O) groups is 1. The van der Waals surface area contributed by atoms with Gasteiger partial charge in [-0.2, -0.15) is 13.2 Å². The minimum atomic E-state index is -4.74. The normalized spacial score (nSPS) is 11.4. The zero-order valence-electron chi connectivity index (χ0n) is 13.5. The molecule has 134 valence electrons. The fourth-order valence-electron chi connectivity index (χ4n) is 2.41. The average molecular weight is 356 g/mol. The second-order valence-electron chi connectivity index (χ2n) is 5.37. The molecular formula is C16H15F3N2O4. The van der Waals surface area contributed by atoms with E-state index in [0.717, 1.165) is 22.5 Å². The molecular weight excluding hydrogens is 341 g/mol. The van der Waals surface area contributed by atoms with Crippen LogP contribution in [0.4, 0.5) is 18.9 Å². The molecule has 6 nitrogen and oxygen atoms in total. The summed E-state index contributed by atoms with van der Waals surface area (Å²) in [5.41, 5.74) is -0.991. The lowest BCUT2D eigenvalue weighted by Gasteiger charge is -2.07. The summed E-state index contributed by atoms with van der Waals surface area (Å²) in [6.45, 7) is 2.96. The van der Waals surface area contributed by atoms with Gasteiger partial charge in [-0.1, -0.05) is 11.6 Å². The first-order valence-electron chi connectivity index (χ1n) is 7.31. The monoisotopic (exact) mass is 356 g/mol. The lowest BCUT2D eigenvalue weighted by molar-refractivity contribution is -0.385. The Hall–Kier alpha value is -2.84. The summed E-state index contributed by atoms with van der Waals surface area (Å²) < 4.78 is 45.2. The standard InChI is InChI=1S/C16H15F3N2O4/c1-3-25-15(22)12-8-20(9-13(12)16(17,18)19)7-11-6-10(2)4-5-14(11)21(23)24/h4-6,8-9H,3,7H2,1-2H3. The Morgan fingerprint density at radius 3 is 2.56 bits per heavy atom. The molecule has 0 saturated carbocycles. The van der Waals surface area contributed by atoms with Crippen LogP contribution < -0.4 is 0 Å². The molecule has 0 aliphatic carbocycles. The lowest BCUT2D eigenvalue weighted by Crippen LogP contribution is -2.12. The summed E-state index contributed by atoms with van der Waals surface area (Å²) >= 11 is 0. The van der Waals surface area contributed by atoms with Crippen LogP contribution in [0.5, 0.6) is 0 Å². The average Bonchev–Trinajstić information content (AvgIpc) is 2.91. The number of hydrogen-bond donors (Lipinski definition) is 0. The highest BCUT2D eigenvalue weighted by Gasteiger charge is 2.37. The van der Waals surface area contributed by atoms with Crippen molar-refractivity contribution in [3.63, 3.8) is 0 Å². The van der Waals surface area contributed by atoms with Gasteiger partial charge in [-0.05, 0) is 19.9 Å². The van der Waals surface area contributed by atoms with Crippen LogP contribution in [0.2, 0.25) is 0 Å². The van der Waals surface area contributed by atoms with Gasteiger partial charge in [-0.3, -0.25) is 10.1 Å². The van der Waals surface area contributed by atoms with Crippen molar-refractivity contribution in [1.82, 2.24) is 4.57 Å². The molecule has 0 fully saturated rings. The number of esters is 1. The van der Waals surface area contributed by atoms with Crippen molar-refractivity contribution in [2.24, 2.45) is 0 Å². The Morgan fingerprint density at radius 1 is 1.32 bits per heavy atom. The van der Waals surface area contributed by atoms with Gasteiger partial charge in [0.05, 0.1) is 29.2 Å². The SMILES string of the molecule is CCOC(=O)c1cn(Cc2cc(C)ccc2[N+](=O)[O-])cc1C(F)(F)F. The van der Waals surface area contributed by atoms with Crippen molar-refractivity contribution < 1.29 is 27.6 Å². The number of hydrogen-bond acceptors (Lipinski definition) is 4. The number of ether oxygens (including phenoxy) is 1. The Labute approximate surface area is 141 Å². The van der Waals surface area contributed by atoms with E-state index in [1.54, 1.807) is 13.0 Å². The summed E-state index contributed by atoms with van der Waals surface area (Å²) in [4.78, 5) is 22.3. The fourth-order valence-corrected chi connectivity index (χ4v) is 2.41. The molecule has 0 atom stereocenters. The van der Waals surface area contributed by atoms with Gasteiger partial charge in [0.2, 0.25) is 0 Å². The van der Waals surface area contributed by atoms with Crippen LogP contribution in [0.3, 0.4) is 0 Å². The van der Waals surface area contributed by atoms with Crippen molar-refractivity contribution in [2.75, 3.05) is 6.61 Å². The number of halogens is 3. The van der Waals surface area contributed by atoms with Gasteiger partial charge in [-0.25, -0.2) is 4.79 Å². The maximum absolute atomic E-state index is 13.1. The van der Waals surface area contributed by atoms with Gasteiger partial charge in [0, 0.05) is 24.0 Å². The predicted molar refractivity (Wildman–Crippen MR) is 82.3 cm³/mol. The molecule has 0 unspecified atom stereocenters. The maximum atomic E-state index is 13.1. The van der Waals surface area contributed by atoms with Crippen molar-refractivity contribution in [3.05, 3.63) is 63.0 Å². The molecule has 1 heterocycles. The first-order valence-corrected chi connectivity index (χ1v) is 7.31. The molecule has 0 spiro atoms. The second kappa shape index (κ2) is 6.96. The smallest absolute Gasteiger partial charge is 0.418 e. The highest BCUT2D eigenvalue weighted by atomic mass is 19.4. The van der Waals surface area contributed by atoms with Crippen LogP contribution in [0.25, 0.3) is 0 Å². The molecule has 25 heavy (non-hydrogen) atoms. The number of aryl methyl sites for hydroxylation is 1. The molecule has 2 rings (SSSR count). The second-order valence-corrected chi connectivity index (χ2v) is 5.37. The third-order valence-electron chi connectivity index (χ3n) is 3.47. The van der Waals surface area contributed by atoms with Crippen LogP contribution in [-0.4, -0.2) is 22.1 Å². The number of aromatic nitrogens is 1. The molecule has 0 aliphatic rings. The fraction of sp³-hybridized carbons (Fsp3) is 0.312. The van der Waals surface area contributed by atoms with E-state index in [-0.39, 0.29) is 24.4 Å². The molecule has 2 aromatic rings. The van der Waals surface area contributed by atoms with Crippen molar-refractivity contribution in [1.29, 1.82) is 0 Å².